The average molecular weight is 487 g/mol. The van der Waals surface area contributed by atoms with E-state index in [-0.39, 0.29) is 17.9 Å². The number of benzene rings is 1. The molecule has 0 N–H and O–H groups in total. The number of hydrogen-bond acceptors (Lipinski definition) is 4. The highest BCUT2D eigenvalue weighted by molar-refractivity contribution is 5.99. The van der Waals surface area contributed by atoms with Gasteiger partial charge in [0.05, 0.1) is 11.7 Å². The Kier molecular flexibility index (Phi) is 6.41. The molecule has 0 spiro atoms. The molecule has 1 aromatic heterocycles. The van der Waals surface area contributed by atoms with E-state index in [0.717, 1.165) is 53.8 Å². The molecule has 3 heterocycles. The van der Waals surface area contributed by atoms with Gasteiger partial charge in [0.1, 0.15) is 11.4 Å². The molecule has 2 atom stereocenters. The Morgan fingerprint density at radius 2 is 1.97 bits per heavy atom. The molecule has 3 aliphatic rings. The third-order valence-electron chi connectivity index (χ3n) is 8.05. The number of aldehydes is 1. The van der Waals surface area contributed by atoms with Crippen LogP contribution in [0, 0.1) is 6.92 Å². The average Bonchev–Trinajstić information content (AvgIpc) is 3.47. The molecule has 7 nitrogen and oxygen atoms in total. The molecule has 188 valence electrons. The Balaban J connectivity index is 1.50. The summed E-state index contributed by atoms with van der Waals surface area (Å²) in [5.41, 5.74) is 6.50. The van der Waals surface area contributed by atoms with Crippen molar-refractivity contribution in [3.05, 3.63) is 69.7 Å². The molecule has 1 aromatic carbocycles. The van der Waals surface area contributed by atoms with Crippen molar-refractivity contribution < 1.29 is 14.4 Å². The Hall–Kier alpha value is -3.48. The van der Waals surface area contributed by atoms with Gasteiger partial charge in [-0.15, -0.1) is 0 Å². The molecule has 0 saturated carbocycles. The first kappa shape index (κ1) is 24.2. The molecule has 1 fully saturated rings. The normalized spacial score (nSPS) is 20.8. The Labute approximate surface area is 212 Å². The van der Waals surface area contributed by atoms with Crippen molar-refractivity contribution in [2.75, 3.05) is 13.1 Å². The molecule has 5 rings (SSSR count). The zero-order valence-corrected chi connectivity index (χ0v) is 21.6. The molecule has 2 unspecified atom stereocenters. The van der Waals surface area contributed by atoms with Gasteiger partial charge >= 0.3 is 0 Å². The summed E-state index contributed by atoms with van der Waals surface area (Å²) in [6.45, 7) is 9.68. The first-order chi connectivity index (χ1) is 17.3. The second-order valence-corrected chi connectivity index (χ2v) is 10.3. The van der Waals surface area contributed by atoms with Crippen LogP contribution in [0.3, 0.4) is 0 Å². The highest BCUT2D eigenvalue weighted by atomic mass is 16.2. The van der Waals surface area contributed by atoms with Crippen LogP contribution in [-0.4, -0.2) is 56.8 Å². The summed E-state index contributed by atoms with van der Waals surface area (Å²) in [4.78, 5) is 41.9. The van der Waals surface area contributed by atoms with Crippen LogP contribution in [0.5, 0.6) is 0 Å². The number of aromatic nitrogens is 2. The quantitative estimate of drug-likeness (QED) is 0.553. The highest BCUT2D eigenvalue weighted by Crippen LogP contribution is 2.33. The van der Waals surface area contributed by atoms with Crippen LogP contribution in [0.15, 0.2) is 41.6 Å². The fourth-order valence-electron chi connectivity index (χ4n) is 5.66. The van der Waals surface area contributed by atoms with Gasteiger partial charge < -0.3 is 9.80 Å². The lowest BCUT2D eigenvalue weighted by atomic mass is 9.95. The van der Waals surface area contributed by atoms with Gasteiger partial charge in [-0.1, -0.05) is 32.1 Å². The summed E-state index contributed by atoms with van der Waals surface area (Å²) in [6, 6.07) is 6.35. The minimum Gasteiger partial charge on any atom is -0.336 e. The molecule has 0 radical (unpaired) electrons. The van der Waals surface area contributed by atoms with Crippen LogP contribution >= 0.6 is 0 Å². The summed E-state index contributed by atoms with van der Waals surface area (Å²) in [5, 5.41) is 4.61. The lowest BCUT2D eigenvalue weighted by Crippen LogP contribution is -2.41. The number of aryl methyl sites for hydroxylation is 1. The first-order valence-corrected chi connectivity index (χ1v) is 13.0. The van der Waals surface area contributed by atoms with Gasteiger partial charge in [0.2, 0.25) is 5.91 Å². The van der Waals surface area contributed by atoms with Crippen LogP contribution in [-0.2, 0) is 11.2 Å². The number of carbonyl (C=O) groups excluding carboxylic acids is 3. The highest BCUT2D eigenvalue weighted by Gasteiger charge is 2.36. The summed E-state index contributed by atoms with van der Waals surface area (Å²) >= 11 is 0. The van der Waals surface area contributed by atoms with Crippen molar-refractivity contribution in [3.8, 4) is 5.69 Å². The predicted molar refractivity (Wildman–Crippen MR) is 138 cm³/mol. The summed E-state index contributed by atoms with van der Waals surface area (Å²) < 4.78 is 1.68. The third kappa shape index (κ3) is 4.00. The second-order valence-electron chi connectivity index (χ2n) is 10.3. The number of fused-ring (bicyclic) bond motifs is 1. The van der Waals surface area contributed by atoms with Gasteiger partial charge in [-0.2, -0.15) is 5.10 Å². The van der Waals surface area contributed by atoms with Crippen molar-refractivity contribution in [1.29, 1.82) is 0 Å². The Bertz CT molecular complexity index is 1300. The van der Waals surface area contributed by atoms with E-state index in [4.69, 9.17) is 0 Å². The first-order valence-electron chi connectivity index (χ1n) is 13.0. The zero-order chi connectivity index (χ0) is 25.6. The predicted octanol–water partition coefficient (Wildman–Crippen LogP) is 4.73. The monoisotopic (exact) mass is 486 g/mol. The fourth-order valence-corrected chi connectivity index (χ4v) is 5.66. The summed E-state index contributed by atoms with van der Waals surface area (Å²) in [7, 11) is 0. The number of rotatable bonds is 6. The van der Waals surface area contributed by atoms with Crippen molar-refractivity contribution in [2.45, 2.75) is 71.8 Å². The van der Waals surface area contributed by atoms with E-state index in [9.17, 15) is 14.4 Å². The van der Waals surface area contributed by atoms with Crippen molar-refractivity contribution in [1.82, 2.24) is 19.6 Å². The van der Waals surface area contributed by atoms with Crippen LogP contribution < -0.4 is 0 Å². The molecule has 1 aliphatic carbocycles. The minimum absolute atomic E-state index is 0.0670. The Morgan fingerprint density at radius 3 is 2.64 bits per heavy atom. The number of nitrogens with zero attached hydrogens (tertiary/aromatic N) is 4. The molecule has 7 heteroatoms. The van der Waals surface area contributed by atoms with E-state index in [1.807, 2.05) is 24.8 Å². The van der Waals surface area contributed by atoms with Crippen LogP contribution in [0.25, 0.3) is 5.69 Å². The number of allylic oxidation sites excluding steroid dienone is 1. The Morgan fingerprint density at radius 1 is 1.17 bits per heavy atom. The molecular formula is C29H34N4O3. The van der Waals surface area contributed by atoms with E-state index in [2.05, 4.69) is 43.2 Å². The van der Waals surface area contributed by atoms with E-state index in [1.54, 1.807) is 9.58 Å². The van der Waals surface area contributed by atoms with E-state index < -0.39 is 0 Å². The standard InChI is InChI=1S/C29H34N4O3/c1-5-18(2)21-9-8-19(3)26(16-21)33-28-23(24(17-34)30-33)12-14-31(29(28)36)22-10-11-25(20(4)15-22)32-13-6-7-27(32)35/h8-10,15-18,25H,5-7,11-14H2,1-4H3. The van der Waals surface area contributed by atoms with Gasteiger partial charge in [0.25, 0.3) is 5.91 Å². The maximum atomic E-state index is 13.9. The van der Waals surface area contributed by atoms with Gasteiger partial charge in [-0.05, 0) is 74.3 Å². The fraction of sp³-hybridized carbons (Fsp3) is 0.448. The zero-order valence-electron chi connectivity index (χ0n) is 21.6. The maximum absolute atomic E-state index is 13.9. The largest absolute Gasteiger partial charge is 0.336 e. The molecular weight excluding hydrogens is 452 g/mol. The lowest BCUT2D eigenvalue weighted by molar-refractivity contribution is -0.129. The molecule has 0 bridgehead atoms. The van der Waals surface area contributed by atoms with Crippen molar-refractivity contribution >= 4 is 18.1 Å². The van der Waals surface area contributed by atoms with Crippen LogP contribution in [0.2, 0.25) is 0 Å². The molecule has 36 heavy (non-hydrogen) atoms. The molecule has 2 aliphatic heterocycles. The number of amides is 2. The van der Waals surface area contributed by atoms with Crippen molar-refractivity contribution in [3.63, 3.8) is 0 Å². The molecule has 2 aromatic rings. The second kappa shape index (κ2) is 9.52. The summed E-state index contributed by atoms with van der Waals surface area (Å²) in [5.74, 6) is 0.448. The third-order valence-corrected chi connectivity index (χ3v) is 8.05. The van der Waals surface area contributed by atoms with E-state index >= 15 is 0 Å². The summed E-state index contributed by atoms with van der Waals surface area (Å²) in [6.07, 6.45) is 8.68. The van der Waals surface area contributed by atoms with E-state index in [0.29, 0.717) is 43.1 Å². The number of hydrogen-bond donors (Lipinski definition) is 0. The van der Waals surface area contributed by atoms with Crippen molar-refractivity contribution in [2.24, 2.45) is 0 Å². The smallest absolute Gasteiger partial charge is 0.277 e. The topological polar surface area (TPSA) is 75.5 Å². The lowest BCUT2D eigenvalue weighted by Gasteiger charge is -2.34. The minimum atomic E-state index is -0.142. The number of likely N-dealkylation sites (tertiary alicyclic amines) is 1. The van der Waals surface area contributed by atoms with Gasteiger partial charge in [-0.3, -0.25) is 14.4 Å². The SMILES string of the molecule is CCC(C)c1ccc(C)c(-n2nc(C=O)c3c2C(=O)N(C2=CCC(N4CCCC4=O)C(C)=C2)CC3)c1. The molecule has 2 amide bonds. The number of carbonyl (C=O) groups is 3. The molecule has 1 saturated heterocycles. The maximum Gasteiger partial charge on any atom is 0.277 e. The van der Waals surface area contributed by atoms with Crippen LogP contribution in [0.1, 0.15) is 90.0 Å². The van der Waals surface area contributed by atoms with Gasteiger partial charge in [0, 0.05) is 30.8 Å². The van der Waals surface area contributed by atoms with E-state index in [1.165, 1.54) is 5.56 Å². The van der Waals surface area contributed by atoms with Gasteiger partial charge in [-0.25, -0.2) is 4.68 Å². The van der Waals surface area contributed by atoms with Gasteiger partial charge in [0.15, 0.2) is 6.29 Å². The van der Waals surface area contributed by atoms with Crippen LogP contribution in [0.4, 0.5) is 0 Å².